The Balaban J connectivity index is 3.20. The zero-order valence-corrected chi connectivity index (χ0v) is 8.88. The van der Waals surface area contributed by atoms with Crippen LogP contribution in [0.1, 0.15) is 18.4 Å². The van der Waals surface area contributed by atoms with Gasteiger partial charge in [-0.15, -0.1) is 0 Å². The summed E-state index contributed by atoms with van der Waals surface area (Å²) in [5.74, 6) is 0.416. The number of phenolic OH excluding ortho intramolecular Hbond substituents is 1. The highest BCUT2D eigenvalue weighted by molar-refractivity contribution is 6.32. The van der Waals surface area contributed by atoms with Gasteiger partial charge in [-0.1, -0.05) is 18.5 Å². The van der Waals surface area contributed by atoms with Crippen molar-refractivity contribution >= 4 is 11.6 Å². The van der Waals surface area contributed by atoms with Crippen LogP contribution in [0, 0.1) is 0 Å². The minimum atomic E-state index is -0.164. The summed E-state index contributed by atoms with van der Waals surface area (Å²) < 4.78 is 5.01. The molecule has 0 aromatic heterocycles. The average molecular weight is 217 g/mol. The second kappa shape index (κ2) is 4.53. The molecule has 0 heterocycles. The van der Waals surface area contributed by atoms with Gasteiger partial charge in [-0.25, -0.2) is 0 Å². The summed E-state index contributed by atoms with van der Waals surface area (Å²) in [7, 11) is 1.52. The topological polar surface area (TPSA) is 49.7 Å². The van der Waals surface area contributed by atoms with E-state index in [0.29, 0.717) is 11.3 Å². The lowest BCUT2D eigenvalue weighted by Crippen LogP contribution is -2.00. The number of halogens is 1. The van der Waals surface area contributed by atoms with E-state index in [1.807, 2.05) is 0 Å². The highest BCUT2D eigenvalue weighted by atomic mass is 35.5. The van der Waals surface area contributed by atoms with Gasteiger partial charge in [0.2, 0.25) is 0 Å². The quantitative estimate of drug-likeness (QED) is 0.814. The van der Waals surface area contributed by atoms with Crippen molar-refractivity contribution in [1.82, 2.24) is 0 Å². The van der Waals surface area contributed by atoms with Crippen LogP contribution in [0.5, 0.6) is 11.5 Å². The Labute approximate surface area is 87.9 Å². The first kappa shape index (κ1) is 11.1. The van der Waals surface area contributed by atoms with Crippen LogP contribution in [-0.4, -0.2) is 23.9 Å². The molecule has 0 spiro atoms. The number of hydrogen-bond acceptors (Lipinski definition) is 3. The van der Waals surface area contributed by atoms with E-state index >= 15 is 0 Å². The summed E-state index contributed by atoms with van der Waals surface area (Å²) in [5, 5.41) is 18.8. The third-order valence-corrected chi connectivity index (χ3v) is 2.39. The first-order chi connectivity index (χ1) is 6.60. The molecule has 14 heavy (non-hydrogen) atoms. The molecule has 0 fully saturated rings. The Hall–Kier alpha value is -0.930. The standard InChI is InChI=1S/C10H13ClO3/c1-6(5-12)8-3-7(14-2)4-9(11)10(8)13/h3-4,6,12-13H,5H2,1-2H3. The molecule has 1 aromatic rings. The minimum absolute atomic E-state index is 0.00835. The monoisotopic (exact) mass is 216 g/mol. The van der Waals surface area contributed by atoms with Crippen molar-refractivity contribution in [3.05, 3.63) is 22.7 Å². The lowest BCUT2D eigenvalue weighted by molar-refractivity contribution is 0.270. The summed E-state index contributed by atoms with van der Waals surface area (Å²) >= 11 is 5.79. The van der Waals surface area contributed by atoms with Gasteiger partial charge in [-0.3, -0.25) is 0 Å². The highest BCUT2D eigenvalue weighted by Gasteiger charge is 2.14. The van der Waals surface area contributed by atoms with Gasteiger partial charge in [0.1, 0.15) is 11.5 Å². The highest BCUT2D eigenvalue weighted by Crippen LogP contribution is 2.36. The van der Waals surface area contributed by atoms with E-state index in [1.165, 1.54) is 13.2 Å². The van der Waals surface area contributed by atoms with Gasteiger partial charge in [-0.2, -0.15) is 0 Å². The number of aliphatic hydroxyl groups is 1. The maximum Gasteiger partial charge on any atom is 0.137 e. The number of methoxy groups -OCH3 is 1. The van der Waals surface area contributed by atoms with Crippen LogP contribution in [0.3, 0.4) is 0 Å². The molecule has 1 rings (SSSR count). The van der Waals surface area contributed by atoms with Crippen LogP contribution in [0.4, 0.5) is 0 Å². The smallest absolute Gasteiger partial charge is 0.137 e. The molecule has 78 valence electrons. The van der Waals surface area contributed by atoms with Crippen LogP contribution in [0.25, 0.3) is 0 Å². The molecule has 1 atom stereocenters. The van der Waals surface area contributed by atoms with Crippen LogP contribution in [-0.2, 0) is 0 Å². The Kier molecular flexibility index (Phi) is 3.61. The second-order valence-corrected chi connectivity index (χ2v) is 3.54. The Morgan fingerprint density at radius 2 is 2.14 bits per heavy atom. The van der Waals surface area contributed by atoms with Gasteiger partial charge < -0.3 is 14.9 Å². The maximum atomic E-state index is 9.62. The molecule has 0 radical (unpaired) electrons. The molecule has 0 aliphatic heterocycles. The fourth-order valence-electron chi connectivity index (χ4n) is 1.19. The molecule has 0 saturated carbocycles. The van der Waals surface area contributed by atoms with Crippen molar-refractivity contribution < 1.29 is 14.9 Å². The number of aromatic hydroxyl groups is 1. The van der Waals surface area contributed by atoms with Crippen LogP contribution in [0.2, 0.25) is 5.02 Å². The van der Waals surface area contributed by atoms with Crippen molar-refractivity contribution in [2.75, 3.05) is 13.7 Å². The van der Waals surface area contributed by atoms with Crippen molar-refractivity contribution in [3.8, 4) is 11.5 Å². The molecule has 4 heteroatoms. The summed E-state index contributed by atoms with van der Waals surface area (Å²) in [6.07, 6.45) is 0. The molecular formula is C10H13ClO3. The predicted octanol–water partition coefficient (Wildman–Crippen LogP) is 2.15. The van der Waals surface area contributed by atoms with Crippen molar-refractivity contribution in [2.24, 2.45) is 0 Å². The minimum Gasteiger partial charge on any atom is -0.506 e. The fourth-order valence-corrected chi connectivity index (χ4v) is 1.40. The summed E-state index contributed by atoms with van der Waals surface area (Å²) in [6.45, 7) is 1.75. The van der Waals surface area contributed by atoms with Gasteiger partial charge in [0.15, 0.2) is 0 Å². The summed E-state index contributed by atoms with van der Waals surface area (Å²) in [6, 6.07) is 3.20. The first-order valence-corrected chi connectivity index (χ1v) is 4.65. The zero-order valence-electron chi connectivity index (χ0n) is 8.12. The van der Waals surface area contributed by atoms with E-state index in [-0.39, 0.29) is 23.3 Å². The molecule has 0 bridgehead atoms. The number of ether oxygens (including phenoxy) is 1. The molecule has 2 N–H and O–H groups in total. The lowest BCUT2D eigenvalue weighted by atomic mass is 10.0. The third-order valence-electron chi connectivity index (χ3n) is 2.11. The number of benzene rings is 1. The Morgan fingerprint density at radius 3 is 2.64 bits per heavy atom. The third kappa shape index (κ3) is 2.11. The van der Waals surface area contributed by atoms with Gasteiger partial charge in [0, 0.05) is 24.2 Å². The van der Waals surface area contributed by atoms with E-state index in [2.05, 4.69) is 0 Å². The summed E-state index contributed by atoms with van der Waals surface area (Å²) in [5.41, 5.74) is 0.594. The molecule has 0 amide bonds. The number of hydrogen-bond donors (Lipinski definition) is 2. The van der Waals surface area contributed by atoms with Gasteiger partial charge >= 0.3 is 0 Å². The van der Waals surface area contributed by atoms with E-state index in [1.54, 1.807) is 13.0 Å². The molecule has 3 nitrogen and oxygen atoms in total. The van der Waals surface area contributed by atoms with Gasteiger partial charge in [-0.05, 0) is 6.07 Å². The SMILES string of the molecule is COc1cc(Cl)c(O)c(C(C)CO)c1. The second-order valence-electron chi connectivity index (χ2n) is 3.13. The van der Waals surface area contributed by atoms with Gasteiger partial charge in [0.05, 0.1) is 12.1 Å². The largest absolute Gasteiger partial charge is 0.506 e. The van der Waals surface area contributed by atoms with Crippen molar-refractivity contribution in [2.45, 2.75) is 12.8 Å². The number of aliphatic hydroxyl groups excluding tert-OH is 1. The van der Waals surface area contributed by atoms with Crippen LogP contribution in [0.15, 0.2) is 12.1 Å². The van der Waals surface area contributed by atoms with E-state index < -0.39 is 0 Å². The summed E-state index contributed by atoms with van der Waals surface area (Å²) in [4.78, 5) is 0. The Morgan fingerprint density at radius 1 is 1.50 bits per heavy atom. The molecule has 0 saturated heterocycles. The van der Waals surface area contributed by atoms with Crippen molar-refractivity contribution in [3.63, 3.8) is 0 Å². The fraction of sp³-hybridized carbons (Fsp3) is 0.400. The van der Waals surface area contributed by atoms with E-state index in [9.17, 15) is 5.11 Å². The normalized spacial score (nSPS) is 12.6. The number of phenols is 1. The van der Waals surface area contributed by atoms with E-state index in [0.717, 1.165) is 0 Å². The molecule has 1 aromatic carbocycles. The van der Waals surface area contributed by atoms with Crippen LogP contribution >= 0.6 is 11.6 Å². The van der Waals surface area contributed by atoms with Crippen LogP contribution < -0.4 is 4.74 Å². The molecular weight excluding hydrogens is 204 g/mol. The molecule has 1 unspecified atom stereocenters. The van der Waals surface area contributed by atoms with Crippen molar-refractivity contribution in [1.29, 1.82) is 0 Å². The number of rotatable bonds is 3. The predicted molar refractivity (Wildman–Crippen MR) is 55.2 cm³/mol. The molecule has 0 aliphatic carbocycles. The van der Waals surface area contributed by atoms with Gasteiger partial charge in [0.25, 0.3) is 0 Å². The lowest BCUT2D eigenvalue weighted by Gasteiger charge is -2.13. The molecule has 0 aliphatic rings. The first-order valence-electron chi connectivity index (χ1n) is 4.27. The average Bonchev–Trinajstić information content (AvgIpc) is 2.20. The zero-order chi connectivity index (χ0) is 10.7. The van der Waals surface area contributed by atoms with E-state index in [4.69, 9.17) is 21.4 Å². The maximum absolute atomic E-state index is 9.62. The Bertz CT molecular complexity index is 325.